The first kappa shape index (κ1) is 14.5. The van der Waals surface area contributed by atoms with Crippen LogP contribution in [0.15, 0.2) is 24.3 Å². The summed E-state index contributed by atoms with van der Waals surface area (Å²) in [5.41, 5.74) is -0.276. The van der Waals surface area contributed by atoms with E-state index in [4.69, 9.17) is 4.74 Å². The Labute approximate surface area is 134 Å². The van der Waals surface area contributed by atoms with Gasteiger partial charge in [-0.25, -0.2) is 0 Å². The maximum atomic E-state index is 12.9. The molecule has 4 rings (SSSR count). The standard InChI is InChI=1S/C20H28O2/c21-19(18-14-15-9-10-16(18)13-15)22-20(11-5-2-6-12-20)17-7-3-1-4-8-17/h5,9-11,15-18H,1-4,6-8,12-14H2. The smallest absolute Gasteiger partial charge is 0.310 e. The first-order chi connectivity index (χ1) is 10.8. The minimum atomic E-state index is -0.276. The van der Waals surface area contributed by atoms with Crippen LogP contribution in [0.2, 0.25) is 0 Å². The lowest BCUT2D eigenvalue weighted by Crippen LogP contribution is -2.44. The number of esters is 1. The normalized spacial score (nSPS) is 41.0. The third-order valence-electron chi connectivity index (χ3n) is 6.51. The Kier molecular flexibility index (Phi) is 3.88. The number of ether oxygens (including phenoxy) is 1. The lowest BCUT2D eigenvalue weighted by molar-refractivity contribution is -0.168. The maximum absolute atomic E-state index is 12.9. The number of hydrogen-bond acceptors (Lipinski definition) is 2. The summed E-state index contributed by atoms with van der Waals surface area (Å²) in [6, 6.07) is 0. The van der Waals surface area contributed by atoms with E-state index in [1.807, 2.05) is 0 Å². The first-order valence-corrected chi connectivity index (χ1v) is 9.36. The van der Waals surface area contributed by atoms with Crippen molar-refractivity contribution in [3.05, 3.63) is 24.3 Å². The summed E-state index contributed by atoms with van der Waals surface area (Å²) in [5, 5.41) is 0. The van der Waals surface area contributed by atoms with Crippen LogP contribution in [0.1, 0.15) is 64.2 Å². The van der Waals surface area contributed by atoms with Crippen molar-refractivity contribution in [3.8, 4) is 0 Å². The van der Waals surface area contributed by atoms with Gasteiger partial charge in [0.25, 0.3) is 0 Å². The molecular weight excluding hydrogens is 272 g/mol. The van der Waals surface area contributed by atoms with E-state index in [1.54, 1.807) is 0 Å². The summed E-state index contributed by atoms with van der Waals surface area (Å²) in [4.78, 5) is 12.9. The van der Waals surface area contributed by atoms with Crippen LogP contribution < -0.4 is 0 Å². The molecule has 2 saturated carbocycles. The molecule has 0 radical (unpaired) electrons. The van der Waals surface area contributed by atoms with Gasteiger partial charge in [0.2, 0.25) is 0 Å². The van der Waals surface area contributed by atoms with Crippen molar-refractivity contribution in [2.75, 3.05) is 0 Å². The van der Waals surface area contributed by atoms with Crippen molar-refractivity contribution in [1.82, 2.24) is 0 Å². The zero-order valence-corrected chi connectivity index (χ0v) is 13.5. The van der Waals surface area contributed by atoms with Gasteiger partial charge in [0.15, 0.2) is 0 Å². The fourth-order valence-electron chi connectivity index (χ4n) is 5.28. The molecule has 0 N–H and O–H groups in total. The van der Waals surface area contributed by atoms with E-state index < -0.39 is 0 Å². The highest BCUT2D eigenvalue weighted by Crippen LogP contribution is 2.47. The fraction of sp³-hybridized carbons (Fsp3) is 0.750. The molecule has 0 heterocycles. The number of carbonyl (C=O) groups excluding carboxylic acids is 1. The summed E-state index contributed by atoms with van der Waals surface area (Å²) >= 11 is 0. The molecule has 0 spiro atoms. The summed E-state index contributed by atoms with van der Waals surface area (Å²) in [7, 11) is 0. The Morgan fingerprint density at radius 2 is 1.91 bits per heavy atom. The molecule has 4 aliphatic rings. The van der Waals surface area contributed by atoms with Gasteiger partial charge in [0, 0.05) is 5.92 Å². The Balaban J connectivity index is 1.51. The molecule has 2 nitrogen and oxygen atoms in total. The number of allylic oxidation sites excluding steroid dienone is 3. The van der Waals surface area contributed by atoms with Gasteiger partial charge >= 0.3 is 5.97 Å². The minimum absolute atomic E-state index is 0.0916. The van der Waals surface area contributed by atoms with Crippen LogP contribution in [0.5, 0.6) is 0 Å². The second-order valence-electron chi connectivity index (χ2n) is 7.89. The van der Waals surface area contributed by atoms with E-state index in [0.29, 0.717) is 17.8 Å². The van der Waals surface area contributed by atoms with Crippen LogP contribution in [-0.2, 0) is 9.53 Å². The second-order valence-corrected chi connectivity index (χ2v) is 7.89. The molecule has 4 unspecified atom stereocenters. The number of carbonyl (C=O) groups is 1. The van der Waals surface area contributed by atoms with Gasteiger partial charge < -0.3 is 4.74 Å². The average molecular weight is 300 g/mol. The van der Waals surface area contributed by atoms with E-state index >= 15 is 0 Å². The molecule has 0 aromatic carbocycles. The summed E-state index contributed by atoms with van der Waals surface area (Å²) < 4.78 is 6.30. The lowest BCUT2D eigenvalue weighted by Gasteiger charge is -2.42. The molecule has 2 fully saturated rings. The van der Waals surface area contributed by atoms with E-state index in [9.17, 15) is 4.79 Å². The topological polar surface area (TPSA) is 26.3 Å². The highest BCUT2D eigenvalue weighted by Gasteiger charge is 2.46. The largest absolute Gasteiger partial charge is 0.454 e. The molecule has 22 heavy (non-hydrogen) atoms. The van der Waals surface area contributed by atoms with Crippen molar-refractivity contribution >= 4 is 5.97 Å². The Morgan fingerprint density at radius 3 is 2.55 bits per heavy atom. The van der Waals surface area contributed by atoms with E-state index in [-0.39, 0.29) is 17.5 Å². The fourth-order valence-corrected chi connectivity index (χ4v) is 5.28. The van der Waals surface area contributed by atoms with Crippen molar-refractivity contribution < 1.29 is 9.53 Å². The van der Waals surface area contributed by atoms with Crippen LogP contribution in [0.4, 0.5) is 0 Å². The maximum Gasteiger partial charge on any atom is 0.310 e. The number of hydrogen-bond donors (Lipinski definition) is 0. The van der Waals surface area contributed by atoms with Gasteiger partial charge in [-0.2, -0.15) is 0 Å². The van der Waals surface area contributed by atoms with Crippen molar-refractivity contribution in [1.29, 1.82) is 0 Å². The van der Waals surface area contributed by atoms with E-state index in [2.05, 4.69) is 24.3 Å². The Hall–Kier alpha value is -1.05. The van der Waals surface area contributed by atoms with Crippen LogP contribution in [-0.4, -0.2) is 11.6 Å². The molecule has 0 aromatic heterocycles. The predicted molar refractivity (Wildman–Crippen MR) is 87.2 cm³/mol. The third kappa shape index (κ3) is 2.55. The quantitative estimate of drug-likeness (QED) is 0.553. The summed E-state index contributed by atoms with van der Waals surface area (Å²) in [6.07, 6.45) is 21.0. The molecule has 4 atom stereocenters. The van der Waals surface area contributed by atoms with Crippen molar-refractivity contribution in [2.45, 2.75) is 69.8 Å². The number of rotatable bonds is 3. The molecule has 0 aliphatic heterocycles. The highest BCUT2D eigenvalue weighted by atomic mass is 16.6. The molecule has 0 amide bonds. The first-order valence-electron chi connectivity index (χ1n) is 9.36. The Bertz CT molecular complexity index is 486. The van der Waals surface area contributed by atoms with Gasteiger partial charge in [-0.3, -0.25) is 4.79 Å². The van der Waals surface area contributed by atoms with Gasteiger partial charge in [-0.15, -0.1) is 0 Å². The minimum Gasteiger partial charge on any atom is -0.454 e. The summed E-state index contributed by atoms with van der Waals surface area (Å²) in [5.74, 6) is 1.86. The van der Waals surface area contributed by atoms with Gasteiger partial charge in [0.05, 0.1) is 5.92 Å². The summed E-state index contributed by atoms with van der Waals surface area (Å²) in [6.45, 7) is 0. The molecular formula is C20H28O2. The number of fused-ring (bicyclic) bond motifs is 2. The zero-order valence-electron chi connectivity index (χ0n) is 13.5. The molecule has 0 saturated heterocycles. The molecule has 120 valence electrons. The van der Waals surface area contributed by atoms with E-state index in [0.717, 1.165) is 25.7 Å². The van der Waals surface area contributed by atoms with Crippen molar-refractivity contribution in [2.24, 2.45) is 23.7 Å². The van der Waals surface area contributed by atoms with Gasteiger partial charge in [0.1, 0.15) is 5.60 Å². The van der Waals surface area contributed by atoms with Gasteiger partial charge in [-0.1, -0.05) is 37.5 Å². The second kappa shape index (κ2) is 5.86. The third-order valence-corrected chi connectivity index (χ3v) is 6.51. The van der Waals surface area contributed by atoms with Crippen LogP contribution in [0.3, 0.4) is 0 Å². The van der Waals surface area contributed by atoms with E-state index in [1.165, 1.54) is 38.5 Å². The van der Waals surface area contributed by atoms with Crippen LogP contribution in [0.25, 0.3) is 0 Å². The highest BCUT2D eigenvalue weighted by molar-refractivity contribution is 5.75. The predicted octanol–water partition coefficient (Wildman–Crippen LogP) is 4.80. The SMILES string of the molecule is O=C(OC1(C2CCCCC2)C=CCCC1)C1CC2C=CC1C2. The molecule has 0 aromatic rings. The molecule has 2 heteroatoms. The van der Waals surface area contributed by atoms with Crippen molar-refractivity contribution in [3.63, 3.8) is 0 Å². The Morgan fingerprint density at radius 1 is 1.05 bits per heavy atom. The van der Waals surface area contributed by atoms with Gasteiger partial charge in [-0.05, 0) is 62.9 Å². The lowest BCUT2D eigenvalue weighted by atomic mass is 9.72. The molecule has 2 bridgehead atoms. The van der Waals surface area contributed by atoms with Crippen LogP contribution in [0, 0.1) is 23.7 Å². The van der Waals surface area contributed by atoms with Crippen LogP contribution >= 0.6 is 0 Å². The molecule has 4 aliphatic carbocycles. The average Bonchev–Trinajstić information content (AvgIpc) is 3.20. The zero-order chi connectivity index (χ0) is 15.0. The monoisotopic (exact) mass is 300 g/mol.